The van der Waals surface area contributed by atoms with Gasteiger partial charge in [0.05, 0.1) is 24.4 Å². The van der Waals surface area contributed by atoms with Crippen molar-refractivity contribution in [2.45, 2.75) is 25.7 Å². The number of aryl methyl sites for hydroxylation is 2. The first-order chi connectivity index (χ1) is 14.1. The molecule has 0 radical (unpaired) electrons. The van der Waals surface area contributed by atoms with E-state index in [0.29, 0.717) is 31.3 Å². The fourth-order valence-corrected chi connectivity index (χ4v) is 3.87. The third-order valence-corrected chi connectivity index (χ3v) is 5.43. The number of aromatic nitrogens is 1. The first-order valence-electron chi connectivity index (χ1n) is 9.95. The van der Waals surface area contributed by atoms with Gasteiger partial charge in [0.15, 0.2) is 0 Å². The molecule has 2 aromatic rings. The predicted molar refractivity (Wildman–Crippen MR) is 109 cm³/mol. The molecule has 7 heteroatoms. The van der Waals surface area contributed by atoms with Crippen molar-refractivity contribution in [1.82, 2.24) is 4.98 Å². The van der Waals surface area contributed by atoms with Crippen LogP contribution in [0.5, 0.6) is 5.88 Å². The van der Waals surface area contributed by atoms with Gasteiger partial charge in [-0.05, 0) is 48.6 Å². The Hall–Kier alpha value is -2.93. The van der Waals surface area contributed by atoms with Crippen LogP contribution in [0.4, 0.5) is 11.4 Å². The fourth-order valence-electron chi connectivity index (χ4n) is 3.87. The number of nitrogens with one attached hydrogen (secondary N) is 1. The minimum absolute atomic E-state index is 0.0110. The molecular weight excluding hydrogens is 370 g/mol. The SMILES string of the molecule is COCCOc1ccc(NC(=O)C2CC(=O)N(c3ccc4c(c3)CCC4)C2)cn1. The van der Waals surface area contributed by atoms with Crippen LogP contribution in [-0.2, 0) is 27.2 Å². The molecule has 2 amide bonds. The van der Waals surface area contributed by atoms with Gasteiger partial charge in [-0.1, -0.05) is 6.07 Å². The zero-order chi connectivity index (χ0) is 20.2. The molecule has 1 aromatic heterocycles. The molecule has 1 saturated heterocycles. The number of benzene rings is 1. The number of carbonyl (C=O) groups is 2. The van der Waals surface area contributed by atoms with Crippen LogP contribution < -0.4 is 15.0 Å². The summed E-state index contributed by atoms with van der Waals surface area (Å²) in [5.41, 5.74) is 4.17. The molecule has 29 heavy (non-hydrogen) atoms. The van der Waals surface area contributed by atoms with Gasteiger partial charge in [0.1, 0.15) is 6.61 Å². The zero-order valence-electron chi connectivity index (χ0n) is 16.5. The Balaban J connectivity index is 1.35. The van der Waals surface area contributed by atoms with Crippen LogP contribution in [0.15, 0.2) is 36.5 Å². The molecule has 4 rings (SSSR count). The van der Waals surface area contributed by atoms with Crippen LogP contribution in [0, 0.1) is 5.92 Å². The van der Waals surface area contributed by atoms with Crippen molar-refractivity contribution in [3.63, 3.8) is 0 Å². The summed E-state index contributed by atoms with van der Waals surface area (Å²) in [5, 5.41) is 2.85. The van der Waals surface area contributed by atoms with E-state index in [9.17, 15) is 9.59 Å². The molecule has 1 fully saturated rings. The van der Waals surface area contributed by atoms with Crippen molar-refractivity contribution in [2.75, 3.05) is 37.1 Å². The minimum atomic E-state index is -0.381. The van der Waals surface area contributed by atoms with Gasteiger partial charge in [-0.3, -0.25) is 9.59 Å². The van der Waals surface area contributed by atoms with Crippen molar-refractivity contribution < 1.29 is 19.1 Å². The third-order valence-electron chi connectivity index (χ3n) is 5.43. The van der Waals surface area contributed by atoms with Gasteiger partial charge in [0.2, 0.25) is 17.7 Å². The molecule has 1 aliphatic heterocycles. The highest BCUT2D eigenvalue weighted by Gasteiger charge is 2.35. The molecule has 1 unspecified atom stereocenters. The number of rotatable bonds is 7. The van der Waals surface area contributed by atoms with Crippen LogP contribution in [0.25, 0.3) is 0 Å². The van der Waals surface area contributed by atoms with E-state index < -0.39 is 0 Å². The number of ether oxygens (including phenoxy) is 2. The summed E-state index contributed by atoms with van der Waals surface area (Å²) in [5.74, 6) is -0.0905. The van der Waals surface area contributed by atoms with E-state index in [1.54, 1.807) is 30.3 Å². The standard InChI is InChI=1S/C22H25N3O4/c1-28-9-10-29-20-8-6-18(13-23-20)24-22(27)17-12-21(26)25(14-17)19-7-5-15-3-2-4-16(15)11-19/h5-8,11,13,17H,2-4,9-10,12,14H2,1H3,(H,24,27). The van der Waals surface area contributed by atoms with Crippen molar-refractivity contribution in [1.29, 1.82) is 0 Å². The first kappa shape index (κ1) is 19.4. The highest BCUT2D eigenvalue weighted by molar-refractivity contribution is 6.03. The van der Waals surface area contributed by atoms with Gasteiger partial charge in [-0.25, -0.2) is 4.98 Å². The van der Waals surface area contributed by atoms with Crippen molar-refractivity contribution in [2.24, 2.45) is 5.92 Å². The number of hydrogen-bond donors (Lipinski definition) is 1. The Morgan fingerprint density at radius 2 is 2.07 bits per heavy atom. The Labute approximate surface area is 170 Å². The average molecular weight is 395 g/mol. The molecular formula is C22H25N3O4. The Morgan fingerprint density at radius 3 is 2.86 bits per heavy atom. The van der Waals surface area contributed by atoms with E-state index in [1.807, 2.05) is 6.07 Å². The fraction of sp³-hybridized carbons (Fsp3) is 0.409. The highest BCUT2D eigenvalue weighted by atomic mass is 16.5. The number of carbonyl (C=O) groups excluding carboxylic acids is 2. The molecule has 0 spiro atoms. The number of hydrogen-bond acceptors (Lipinski definition) is 5. The van der Waals surface area contributed by atoms with Crippen LogP contribution in [0.2, 0.25) is 0 Å². The van der Waals surface area contributed by atoms with Crippen molar-refractivity contribution >= 4 is 23.2 Å². The number of amides is 2. The van der Waals surface area contributed by atoms with Gasteiger partial charge in [0, 0.05) is 31.8 Å². The molecule has 1 aliphatic carbocycles. The number of anilines is 2. The second kappa shape index (κ2) is 8.61. The third kappa shape index (κ3) is 4.40. The number of nitrogens with zero attached hydrogens (tertiary/aromatic N) is 2. The van der Waals surface area contributed by atoms with Crippen LogP contribution >= 0.6 is 0 Å². The van der Waals surface area contributed by atoms with Crippen LogP contribution in [0.3, 0.4) is 0 Å². The van der Waals surface area contributed by atoms with E-state index >= 15 is 0 Å². The van der Waals surface area contributed by atoms with E-state index in [-0.39, 0.29) is 24.2 Å². The molecule has 1 aromatic carbocycles. The lowest BCUT2D eigenvalue weighted by atomic mass is 10.1. The Morgan fingerprint density at radius 1 is 1.21 bits per heavy atom. The maximum Gasteiger partial charge on any atom is 0.229 e. The monoisotopic (exact) mass is 395 g/mol. The average Bonchev–Trinajstić information content (AvgIpc) is 3.35. The predicted octanol–water partition coefficient (Wildman–Crippen LogP) is 2.59. The molecule has 0 bridgehead atoms. The maximum absolute atomic E-state index is 12.7. The lowest BCUT2D eigenvalue weighted by molar-refractivity contribution is -0.122. The van der Waals surface area contributed by atoms with Crippen LogP contribution in [-0.4, -0.2) is 43.7 Å². The normalized spacial score (nSPS) is 18.0. The maximum atomic E-state index is 12.7. The van der Waals surface area contributed by atoms with E-state index in [4.69, 9.17) is 9.47 Å². The van der Waals surface area contributed by atoms with Gasteiger partial charge >= 0.3 is 0 Å². The Bertz CT molecular complexity index is 897. The zero-order valence-corrected chi connectivity index (χ0v) is 16.5. The van der Waals surface area contributed by atoms with Crippen molar-refractivity contribution in [3.05, 3.63) is 47.7 Å². The molecule has 2 heterocycles. The number of fused-ring (bicyclic) bond motifs is 1. The summed E-state index contributed by atoms with van der Waals surface area (Å²) < 4.78 is 10.3. The summed E-state index contributed by atoms with van der Waals surface area (Å²) in [7, 11) is 1.61. The topological polar surface area (TPSA) is 80.8 Å². The molecule has 2 aliphatic rings. The first-order valence-corrected chi connectivity index (χ1v) is 9.95. The van der Waals surface area contributed by atoms with Gasteiger partial charge in [0.25, 0.3) is 0 Å². The van der Waals surface area contributed by atoms with E-state index in [0.717, 1.165) is 18.5 Å². The summed E-state index contributed by atoms with van der Waals surface area (Å²) in [6, 6.07) is 9.64. The number of pyridine rings is 1. The summed E-state index contributed by atoms with van der Waals surface area (Å²) in [6.45, 7) is 1.30. The second-order valence-electron chi connectivity index (χ2n) is 7.43. The molecule has 152 valence electrons. The molecule has 7 nitrogen and oxygen atoms in total. The van der Waals surface area contributed by atoms with Crippen LogP contribution in [0.1, 0.15) is 24.0 Å². The van der Waals surface area contributed by atoms with Gasteiger partial charge in [-0.15, -0.1) is 0 Å². The minimum Gasteiger partial charge on any atom is -0.475 e. The molecule has 1 atom stereocenters. The highest BCUT2D eigenvalue weighted by Crippen LogP contribution is 2.31. The smallest absolute Gasteiger partial charge is 0.229 e. The Kier molecular flexibility index (Phi) is 5.76. The molecule has 0 saturated carbocycles. The quantitative estimate of drug-likeness (QED) is 0.729. The summed E-state index contributed by atoms with van der Waals surface area (Å²) in [4.78, 5) is 31.1. The van der Waals surface area contributed by atoms with E-state index in [1.165, 1.54) is 17.5 Å². The van der Waals surface area contributed by atoms with Crippen molar-refractivity contribution in [3.8, 4) is 5.88 Å². The largest absolute Gasteiger partial charge is 0.475 e. The van der Waals surface area contributed by atoms with Gasteiger partial charge in [-0.2, -0.15) is 0 Å². The number of methoxy groups -OCH3 is 1. The van der Waals surface area contributed by atoms with E-state index in [2.05, 4.69) is 22.4 Å². The lowest BCUT2D eigenvalue weighted by Gasteiger charge is -2.18. The molecule has 1 N–H and O–H groups in total. The summed E-state index contributed by atoms with van der Waals surface area (Å²) in [6.07, 6.45) is 5.11. The second-order valence-corrected chi connectivity index (χ2v) is 7.43. The lowest BCUT2D eigenvalue weighted by Crippen LogP contribution is -2.28. The van der Waals surface area contributed by atoms with Gasteiger partial charge < -0.3 is 19.7 Å². The summed E-state index contributed by atoms with van der Waals surface area (Å²) >= 11 is 0.